The quantitative estimate of drug-likeness (QED) is 0.379. The maximum Gasteiger partial charge on any atom is 0.216 e. The molecule has 1 aromatic heterocycles. The molecule has 0 aliphatic rings. The lowest BCUT2D eigenvalue weighted by atomic mass is 10.2. The number of aromatic amines is 1. The number of hydrogen-bond donors (Lipinski definition) is 1. The largest absolute Gasteiger partial charge is 0.250 e. The molecule has 4 nitrogen and oxygen atoms in total. The Morgan fingerprint density at radius 2 is 1.96 bits per heavy atom. The van der Waals surface area contributed by atoms with Crippen LogP contribution in [0.5, 0.6) is 0 Å². The number of rotatable bonds is 4. The van der Waals surface area contributed by atoms with Crippen molar-refractivity contribution >= 4 is 46.1 Å². The Kier molecular flexibility index (Phi) is 5.09. The highest BCUT2D eigenvalue weighted by atomic mass is 79.9. The minimum atomic E-state index is 0.452. The predicted octanol–water partition coefficient (Wildman–Crippen LogP) is 4.97. The van der Waals surface area contributed by atoms with Gasteiger partial charge in [-0.1, -0.05) is 40.2 Å². The second kappa shape index (κ2) is 7.25. The predicted molar refractivity (Wildman–Crippen MR) is 102 cm³/mol. The highest BCUT2D eigenvalue weighted by molar-refractivity contribution is 9.10. The Hall–Kier alpha value is -1.70. The molecule has 0 aliphatic carbocycles. The van der Waals surface area contributed by atoms with Crippen molar-refractivity contribution in [2.45, 2.75) is 4.90 Å². The summed E-state index contributed by atoms with van der Waals surface area (Å²) in [4.78, 5) is 1.22. The third-order valence-electron chi connectivity index (χ3n) is 3.20. The lowest BCUT2D eigenvalue weighted by Gasteiger charge is -2.03. The number of aromatic nitrogens is 3. The van der Waals surface area contributed by atoms with E-state index in [2.05, 4.69) is 49.6 Å². The van der Waals surface area contributed by atoms with Crippen LogP contribution in [0.15, 0.2) is 63.0 Å². The molecule has 0 fully saturated rings. The van der Waals surface area contributed by atoms with Gasteiger partial charge in [0, 0.05) is 14.9 Å². The molecule has 1 heterocycles. The van der Waals surface area contributed by atoms with E-state index in [1.165, 1.54) is 4.90 Å². The van der Waals surface area contributed by atoms with Crippen LogP contribution in [0.3, 0.4) is 0 Å². The highest BCUT2D eigenvalue weighted by Crippen LogP contribution is 2.26. The summed E-state index contributed by atoms with van der Waals surface area (Å²) in [5.74, 6) is 0.666. The molecule has 0 spiro atoms. The second-order valence-corrected chi connectivity index (χ2v) is 6.78. The second-order valence-electron chi connectivity index (χ2n) is 4.66. The summed E-state index contributed by atoms with van der Waals surface area (Å²) in [5.41, 5.74) is 1.93. The van der Waals surface area contributed by atoms with Crippen LogP contribution in [0.1, 0.15) is 5.56 Å². The van der Waals surface area contributed by atoms with E-state index in [9.17, 15) is 0 Å². The van der Waals surface area contributed by atoms with E-state index < -0.39 is 0 Å². The van der Waals surface area contributed by atoms with Gasteiger partial charge in [-0.15, -0.1) is 11.8 Å². The van der Waals surface area contributed by atoms with Crippen molar-refractivity contribution in [3.05, 3.63) is 63.3 Å². The molecule has 0 saturated carbocycles. The minimum absolute atomic E-state index is 0.452. The summed E-state index contributed by atoms with van der Waals surface area (Å²) in [6, 6.07) is 16.0. The van der Waals surface area contributed by atoms with Crippen molar-refractivity contribution in [1.82, 2.24) is 14.9 Å². The van der Waals surface area contributed by atoms with Crippen molar-refractivity contribution < 1.29 is 0 Å². The molecule has 0 saturated heterocycles. The van der Waals surface area contributed by atoms with Crippen LogP contribution in [-0.4, -0.2) is 27.3 Å². The molecule has 116 valence electrons. The van der Waals surface area contributed by atoms with Gasteiger partial charge in [-0.05, 0) is 48.3 Å². The molecule has 0 amide bonds. The van der Waals surface area contributed by atoms with Crippen LogP contribution in [0, 0.1) is 4.77 Å². The minimum Gasteiger partial charge on any atom is -0.250 e. The normalized spacial score (nSPS) is 11.2. The van der Waals surface area contributed by atoms with Gasteiger partial charge in [0.15, 0.2) is 5.82 Å². The van der Waals surface area contributed by atoms with E-state index in [1.807, 2.05) is 36.4 Å². The Labute approximate surface area is 151 Å². The van der Waals surface area contributed by atoms with Gasteiger partial charge in [0.1, 0.15) is 0 Å². The number of nitrogens with zero attached hydrogens (tertiary/aromatic N) is 3. The number of H-pyrrole nitrogens is 1. The van der Waals surface area contributed by atoms with Crippen LogP contribution in [0.4, 0.5) is 0 Å². The molecule has 1 N–H and O–H groups in total. The van der Waals surface area contributed by atoms with Gasteiger partial charge in [-0.2, -0.15) is 14.9 Å². The summed E-state index contributed by atoms with van der Waals surface area (Å²) < 4.78 is 3.01. The Bertz CT molecular complexity index is 897. The molecule has 0 aliphatic heterocycles. The highest BCUT2D eigenvalue weighted by Gasteiger charge is 2.10. The van der Waals surface area contributed by atoms with E-state index in [4.69, 9.17) is 12.2 Å². The van der Waals surface area contributed by atoms with Crippen LogP contribution < -0.4 is 0 Å². The number of hydrogen-bond acceptors (Lipinski definition) is 4. The lowest BCUT2D eigenvalue weighted by Crippen LogP contribution is -1.95. The van der Waals surface area contributed by atoms with Crippen molar-refractivity contribution in [3.8, 4) is 11.4 Å². The van der Waals surface area contributed by atoms with Crippen molar-refractivity contribution in [2.24, 2.45) is 5.10 Å². The lowest BCUT2D eigenvalue weighted by molar-refractivity contribution is 0.871. The summed E-state index contributed by atoms with van der Waals surface area (Å²) in [7, 11) is 0. The van der Waals surface area contributed by atoms with Crippen LogP contribution >= 0.6 is 39.9 Å². The average molecular weight is 405 g/mol. The Morgan fingerprint density at radius 1 is 1.22 bits per heavy atom. The molecule has 0 radical (unpaired) electrons. The summed E-state index contributed by atoms with van der Waals surface area (Å²) in [5, 5.41) is 11.6. The van der Waals surface area contributed by atoms with Gasteiger partial charge in [0.2, 0.25) is 4.77 Å². The monoisotopic (exact) mass is 404 g/mol. The molecule has 2 aromatic carbocycles. The van der Waals surface area contributed by atoms with Gasteiger partial charge in [-0.3, -0.25) is 0 Å². The smallest absolute Gasteiger partial charge is 0.216 e. The molecule has 3 rings (SSSR count). The summed E-state index contributed by atoms with van der Waals surface area (Å²) in [6.07, 6.45) is 3.83. The first kappa shape index (κ1) is 16.2. The molecule has 3 aromatic rings. The Balaban J connectivity index is 1.97. The molecule has 7 heteroatoms. The number of benzene rings is 2. The maximum absolute atomic E-state index is 5.28. The van der Waals surface area contributed by atoms with Gasteiger partial charge in [0.25, 0.3) is 0 Å². The van der Waals surface area contributed by atoms with Gasteiger partial charge in [0.05, 0.1) is 6.21 Å². The first-order valence-electron chi connectivity index (χ1n) is 6.80. The number of halogens is 1. The zero-order chi connectivity index (χ0) is 16.2. The third-order valence-corrected chi connectivity index (χ3v) is 4.90. The topological polar surface area (TPSA) is 46.0 Å². The van der Waals surface area contributed by atoms with Crippen LogP contribution in [-0.2, 0) is 0 Å². The van der Waals surface area contributed by atoms with Gasteiger partial charge < -0.3 is 0 Å². The molecule has 0 bridgehead atoms. The van der Waals surface area contributed by atoms with E-state index in [1.54, 1.807) is 22.7 Å². The molecule has 23 heavy (non-hydrogen) atoms. The first-order chi connectivity index (χ1) is 11.2. The average Bonchev–Trinajstić information content (AvgIpc) is 2.94. The number of thioether (sulfide) groups is 1. The van der Waals surface area contributed by atoms with Crippen molar-refractivity contribution in [1.29, 1.82) is 0 Å². The fourth-order valence-corrected chi connectivity index (χ4v) is 3.08. The fraction of sp³-hybridized carbons (Fsp3) is 0.0625. The molecule has 0 atom stereocenters. The Morgan fingerprint density at radius 3 is 2.65 bits per heavy atom. The first-order valence-corrected chi connectivity index (χ1v) is 9.22. The van der Waals surface area contributed by atoms with E-state index in [0.717, 1.165) is 15.6 Å². The number of nitrogens with one attached hydrogen (secondary N) is 1. The van der Waals surface area contributed by atoms with E-state index in [-0.39, 0.29) is 0 Å². The van der Waals surface area contributed by atoms with Crippen molar-refractivity contribution in [3.63, 3.8) is 0 Å². The zero-order valence-corrected chi connectivity index (χ0v) is 15.5. The van der Waals surface area contributed by atoms with Crippen LogP contribution in [0.2, 0.25) is 0 Å². The van der Waals surface area contributed by atoms with E-state index in [0.29, 0.717) is 10.6 Å². The summed E-state index contributed by atoms with van der Waals surface area (Å²) in [6.45, 7) is 0. The van der Waals surface area contributed by atoms with Gasteiger partial charge >= 0.3 is 0 Å². The van der Waals surface area contributed by atoms with Crippen molar-refractivity contribution in [2.75, 3.05) is 6.26 Å². The third kappa shape index (κ3) is 3.63. The zero-order valence-electron chi connectivity index (χ0n) is 12.2. The van der Waals surface area contributed by atoms with Crippen LogP contribution in [0.25, 0.3) is 11.4 Å². The molecular weight excluding hydrogens is 392 g/mol. The molecule has 0 unspecified atom stereocenters. The standard InChI is InChI=1S/C16H13BrN4S2/c1-23-12-8-6-11(7-9-12)10-18-21-15(19-20-16(21)22)13-4-2-3-5-14(13)17/h2-10H,1H3,(H,20,22)/b18-10-. The maximum atomic E-state index is 5.28. The molecular formula is C16H13BrN4S2. The summed E-state index contributed by atoms with van der Waals surface area (Å²) >= 11 is 10.5. The fourth-order valence-electron chi connectivity index (χ4n) is 2.03. The SMILES string of the molecule is CSc1ccc(/C=N\n2c(-c3ccccc3Br)n[nH]c2=S)cc1. The van der Waals surface area contributed by atoms with Gasteiger partial charge in [-0.25, -0.2) is 5.10 Å². The van der Waals surface area contributed by atoms with E-state index >= 15 is 0 Å².